The lowest BCUT2D eigenvalue weighted by molar-refractivity contribution is -0.138. The van der Waals surface area contributed by atoms with Crippen LogP contribution in [-0.2, 0) is 14.7 Å². The van der Waals surface area contributed by atoms with Gasteiger partial charge in [-0.15, -0.1) is 0 Å². The highest BCUT2D eigenvalue weighted by atomic mass is 32.2. The van der Waals surface area contributed by atoms with Gasteiger partial charge in [-0.1, -0.05) is 18.2 Å². The van der Waals surface area contributed by atoms with Gasteiger partial charge in [0.15, 0.2) is 5.03 Å². The number of hydrogen-bond acceptors (Lipinski definition) is 6. The Balaban J connectivity index is 2.03. The summed E-state index contributed by atoms with van der Waals surface area (Å²) in [5.41, 5.74) is 3.77. The minimum atomic E-state index is -3.75. The van der Waals surface area contributed by atoms with Crippen LogP contribution in [0.1, 0.15) is 0 Å². The van der Waals surface area contributed by atoms with Gasteiger partial charge in [-0.05, 0) is 24.3 Å². The first kappa shape index (κ1) is 14.6. The van der Waals surface area contributed by atoms with Gasteiger partial charge in [0.1, 0.15) is 5.03 Å². The number of aromatic amines is 1. The third-order valence-electron chi connectivity index (χ3n) is 3.33. The molecule has 0 radical (unpaired) electrons. The smallest absolute Gasteiger partial charge is 0.238 e. The Morgan fingerprint density at radius 1 is 1.27 bits per heavy atom. The maximum absolute atomic E-state index is 12.7. The Morgan fingerprint density at radius 3 is 2.73 bits per heavy atom. The Labute approximate surface area is 127 Å². The van der Waals surface area contributed by atoms with E-state index in [0.29, 0.717) is 5.70 Å². The lowest BCUT2D eigenvalue weighted by atomic mass is 10.3. The fraction of sp³-hybridized carbons (Fsp3) is 0.143. The highest BCUT2D eigenvalue weighted by Crippen LogP contribution is 2.24. The molecule has 0 unspecified atom stereocenters. The number of aromatic nitrogens is 1. The normalized spacial score (nSPS) is 15.5. The summed E-state index contributed by atoms with van der Waals surface area (Å²) in [5, 5.41) is 11.1. The van der Waals surface area contributed by atoms with Crippen LogP contribution < -0.4 is 5.43 Å². The average molecular weight is 321 g/mol. The van der Waals surface area contributed by atoms with E-state index in [0.717, 1.165) is 16.1 Å². The molecule has 116 valence electrons. The summed E-state index contributed by atoms with van der Waals surface area (Å²) in [6, 6.07) is 8.89. The van der Waals surface area contributed by atoms with E-state index >= 15 is 0 Å². The van der Waals surface area contributed by atoms with E-state index in [2.05, 4.69) is 10.4 Å². The van der Waals surface area contributed by atoms with E-state index in [1.54, 1.807) is 6.07 Å². The van der Waals surface area contributed by atoms with Crippen molar-refractivity contribution in [1.29, 1.82) is 0 Å². The Hall–Kier alpha value is -2.29. The largest absolute Gasteiger partial charge is 0.390 e. The van der Waals surface area contributed by atoms with Gasteiger partial charge in [0, 0.05) is 10.9 Å². The number of nitrogens with zero attached hydrogens (tertiary/aromatic N) is 1. The molecule has 7 nitrogen and oxygen atoms in total. The molecule has 0 bridgehead atoms. The Bertz CT molecular complexity index is 834. The molecule has 1 aromatic heterocycles. The predicted octanol–water partition coefficient (Wildman–Crippen LogP) is 1.04. The average Bonchev–Trinajstić information content (AvgIpc) is 2.99. The number of benzene rings is 1. The van der Waals surface area contributed by atoms with Crippen LogP contribution in [0, 0.1) is 0 Å². The second-order valence-electron chi connectivity index (χ2n) is 4.66. The van der Waals surface area contributed by atoms with Crippen LogP contribution in [0.4, 0.5) is 0 Å². The number of fused-ring (bicyclic) bond motifs is 1. The molecule has 1 aliphatic heterocycles. The molecule has 0 saturated heterocycles. The van der Waals surface area contributed by atoms with Crippen molar-refractivity contribution in [3.8, 4) is 0 Å². The number of para-hydroxylation sites is 1. The summed E-state index contributed by atoms with van der Waals surface area (Å²) in [6.45, 7) is -0.281. The molecule has 2 aromatic rings. The van der Waals surface area contributed by atoms with Crippen molar-refractivity contribution in [2.75, 3.05) is 13.7 Å². The van der Waals surface area contributed by atoms with Crippen LogP contribution in [0.5, 0.6) is 0 Å². The molecular weight excluding hydrogens is 306 g/mol. The molecule has 0 amide bonds. The van der Waals surface area contributed by atoms with Gasteiger partial charge in [0.25, 0.3) is 0 Å². The number of hydrogen-bond donors (Lipinski definition) is 3. The van der Waals surface area contributed by atoms with E-state index < -0.39 is 9.84 Å². The first-order valence-electron chi connectivity index (χ1n) is 6.51. The van der Waals surface area contributed by atoms with Crippen molar-refractivity contribution in [2.45, 2.75) is 5.03 Å². The van der Waals surface area contributed by atoms with E-state index in [4.69, 9.17) is 4.84 Å². The third-order valence-corrected chi connectivity index (χ3v) is 4.93. The first-order chi connectivity index (χ1) is 10.6. The Morgan fingerprint density at radius 2 is 2.05 bits per heavy atom. The van der Waals surface area contributed by atoms with Crippen LogP contribution in [-0.4, -0.2) is 37.4 Å². The van der Waals surface area contributed by atoms with Gasteiger partial charge in [0.2, 0.25) is 9.84 Å². The lowest BCUT2D eigenvalue weighted by Gasteiger charge is -2.28. The van der Waals surface area contributed by atoms with E-state index in [-0.39, 0.29) is 16.7 Å². The number of H-pyrrole nitrogens is 1. The molecule has 0 saturated carbocycles. The molecule has 22 heavy (non-hydrogen) atoms. The second-order valence-corrected chi connectivity index (χ2v) is 6.55. The molecule has 1 aromatic carbocycles. The molecule has 0 spiro atoms. The maximum atomic E-state index is 12.7. The summed E-state index contributed by atoms with van der Waals surface area (Å²) >= 11 is 0. The van der Waals surface area contributed by atoms with E-state index in [1.165, 1.54) is 19.3 Å². The number of nitrogens with one attached hydrogen (secondary N) is 2. The van der Waals surface area contributed by atoms with Crippen LogP contribution >= 0.6 is 0 Å². The fourth-order valence-electron chi connectivity index (χ4n) is 2.19. The van der Waals surface area contributed by atoms with Gasteiger partial charge >= 0.3 is 0 Å². The molecule has 0 atom stereocenters. The number of allylic oxidation sites excluding steroid dienone is 2. The van der Waals surface area contributed by atoms with E-state index in [1.807, 2.05) is 24.3 Å². The van der Waals surface area contributed by atoms with Crippen LogP contribution in [0.15, 0.2) is 58.2 Å². The highest BCUT2D eigenvalue weighted by Gasteiger charge is 2.27. The van der Waals surface area contributed by atoms with Gasteiger partial charge < -0.3 is 10.1 Å². The number of sulfone groups is 1. The third kappa shape index (κ3) is 2.37. The van der Waals surface area contributed by atoms with Crippen LogP contribution in [0.2, 0.25) is 0 Å². The van der Waals surface area contributed by atoms with Gasteiger partial charge in [-0.3, -0.25) is 10.3 Å². The van der Waals surface area contributed by atoms with Crippen molar-refractivity contribution in [3.63, 3.8) is 0 Å². The number of rotatable bonds is 4. The molecule has 3 N–H and O–H groups in total. The lowest BCUT2D eigenvalue weighted by Crippen LogP contribution is -2.41. The first-order valence-corrected chi connectivity index (χ1v) is 8.00. The topological polar surface area (TPSA) is 94.7 Å². The molecule has 0 fully saturated rings. The summed E-state index contributed by atoms with van der Waals surface area (Å²) in [6.07, 6.45) is 2.87. The van der Waals surface area contributed by atoms with E-state index in [9.17, 15) is 13.5 Å². The summed E-state index contributed by atoms with van der Waals surface area (Å²) < 4.78 is 25.4. The van der Waals surface area contributed by atoms with Crippen molar-refractivity contribution < 1.29 is 18.4 Å². The minimum absolute atomic E-state index is 0.0434. The van der Waals surface area contributed by atoms with Gasteiger partial charge in [-0.2, -0.15) is 5.17 Å². The zero-order valence-electron chi connectivity index (χ0n) is 11.8. The maximum Gasteiger partial charge on any atom is 0.238 e. The fourth-order valence-corrected chi connectivity index (χ4v) is 3.40. The second kappa shape index (κ2) is 5.48. The molecule has 8 heteroatoms. The summed E-state index contributed by atoms with van der Waals surface area (Å²) in [5.74, 6) is 0. The quantitative estimate of drug-likeness (QED) is 0.779. The summed E-state index contributed by atoms with van der Waals surface area (Å²) in [7, 11) is -2.38. The number of aliphatic hydroxyl groups excluding tert-OH is 1. The highest BCUT2D eigenvalue weighted by molar-refractivity contribution is 7.95. The zero-order chi connectivity index (χ0) is 15.7. The number of hydrazine groups is 1. The SMILES string of the molecule is CON1NC(S(=O)(=O)c2cc3ccccc3[nH]2)=CC=C1CO. The number of aliphatic hydroxyl groups is 1. The van der Waals surface area contributed by atoms with Gasteiger partial charge in [0.05, 0.1) is 19.4 Å². The van der Waals surface area contributed by atoms with Crippen molar-refractivity contribution in [1.82, 2.24) is 15.6 Å². The standard InChI is InChI=1S/C14H15N3O4S/c1-21-17-11(9-18)6-7-13(16-17)22(19,20)14-8-10-4-2-3-5-12(10)15-14/h2-8,15-16,18H,9H2,1H3. The molecule has 1 aliphatic rings. The monoisotopic (exact) mass is 321 g/mol. The van der Waals surface area contributed by atoms with Crippen molar-refractivity contribution >= 4 is 20.7 Å². The van der Waals surface area contributed by atoms with Crippen LogP contribution in [0.25, 0.3) is 10.9 Å². The molecule has 0 aliphatic carbocycles. The molecular formula is C14H15N3O4S. The van der Waals surface area contributed by atoms with Crippen molar-refractivity contribution in [3.05, 3.63) is 53.2 Å². The Kier molecular flexibility index (Phi) is 3.65. The predicted molar refractivity (Wildman–Crippen MR) is 80.7 cm³/mol. The number of hydroxylamine groups is 1. The minimum Gasteiger partial charge on any atom is -0.390 e. The zero-order valence-corrected chi connectivity index (χ0v) is 12.6. The molecule has 3 rings (SSSR count). The van der Waals surface area contributed by atoms with Crippen LogP contribution in [0.3, 0.4) is 0 Å². The molecule has 2 heterocycles. The van der Waals surface area contributed by atoms with Crippen molar-refractivity contribution in [2.24, 2.45) is 0 Å². The van der Waals surface area contributed by atoms with Gasteiger partial charge in [-0.25, -0.2) is 8.42 Å². The summed E-state index contributed by atoms with van der Waals surface area (Å²) in [4.78, 5) is 7.89.